The molecule has 0 saturated heterocycles. The van der Waals surface area contributed by atoms with Gasteiger partial charge in [0.1, 0.15) is 0 Å². The molecule has 0 radical (unpaired) electrons. The molecule has 2 rings (SSSR count). The predicted octanol–water partition coefficient (Wildman–Crippen LogP) is 3.12. The van der Waals surface area contributed by atoms with Crippen molar-refractivity contribution in [3.8, 4) is 0 Å². The number of para-hydroxylation sites is 1. The second-order valence-electron chi connectivity index (χ2n) is 6.14. The molecular formula is C19H23N3O3. The van der Waals surface area contributed by atoms with E-state index in [-0.39, 0.29) is 11.6 Å². The number of nitro groups is 1. The first-order valence-electron chi connectivity index (χ1n) is 8.17. The number of nitrogens with zero attached hydrogens (tertiary/aromatic N) is 2. The summed E-state index contributed by atoms with van der Waals surface area (Å²) in [5, 5.41) is 13.8. The maximum absolute atomic E-state index is 12.3. The molecule has 1 atom stereocenters. The number of carbonyl (C=O) groups is 1. The first-order chi connectivity index (χ1) is 11.9. The third-order valence-electron chi connectivity index (χ3n) is 4.14. The van der Waals surface area contributed by atoms with Crippen LogP contribution in [0.2, 0.25) is 0 Å². The lowest BCUT2D eigenvalue weighted by Gasteiger charge is -2.18. The van der Waals surface area contributed by atoms with E-state index in [4.69, 9.17) is 0 Å². The standard InChI is InChI=1S/C19H23N3O3/c1-14(16-8-6-9-17(13-16)22(24)25)19(23)20-12-11-15-7-4-5-10-18(15)21(2)3/h4-10,13-14H,11-12H2,1-3H3,(H,20,23). The third kappa shape index (κ3) is 4.79. The Morgan fingerprint density at radius 1 is 1.20 bits per heavy atom. The summed E-state index contributed by atoms with van der Waals surface area (Å²) in [6, 6.07) is 14.3. The molecule has 0 bridgehead atoms. The molecule has 0 spiro atoms. The predicted molar refractivity (Wildman–Crippen MR) is 99.0 cm³/mol. The Labute approximate surface area is 147 Å². The summed E-state index contributed by atoms with van der Waals surface area (Å²) < 4.78 is 0. The van der Waals surface area contributed by atoms with E-state index < -0.39 is 10.8 Å². The van der Waals surface area contributed by atoms with Crippen molar-refractivity contribution >= 4 is 17.3 Å². The van der Waals surface area contributed by atoms with Crippen molar-refractivity contribution in [2.75, 3.05) is 25.5 Å². The van der Waals surface area contributed by atoms with E-state index in [1.165, 1.54) is 12.1 Å². The number of amides is 1. The molecule has 0 aliphatic rings. The summed E-state index contributed by atoms with van der Waals surface area (Å²) in [7, 11) is 3.98. The fourth-order valence-corrected chi connectivity index (χ4v) is 2.69. The van der Waals surface area contributed by atoms with Gasteiger partial charge in [-0.3, -0.25) is 14.9 Å². The Morgan fingerprint density at radius 3 is 2.60 bits per heavy atom. The number of anilines is 1. The van der Waals surface area contributed by atoms with Gasteiger partial charge in [-0.25, -0.2) is 0 Å². The molecule has 0 aromatic heterocycles. The highest BCUT2D eigenvalue weighted by Gasteiger charge is 2.17. The molecule has 0 aliphatic heterocycles. The number of non-ortho nitro benzene ring substituents is 1. The second-order valence-corrected chi connectivity index (χ2v) is 6.14. The molecule has 0 aliphatic carbocycles. The summed E-state index contributed by atoms with van der Waals surface area (Å²) in [6.45, 7) is 2.27. The number of hydrogen-bond acceptors (Lipinski definition) is 4. The highest BCUT2D eigenvalue weighted by atomic mass is 16.6. The van der Waals surface area contributed by atoms with Gasteiger partial charge in [0.2, 0.25) is 5.91 Å². The zero-order chi connectivity index (χ0) is 18.4. The number of benzene rings is 2. The average Bonchev–Trinajstić information content (AvgIpc) is 2.61. The molecule has 132 valence electrons. The van der Waals surface area contributed by atoms with Gasteiger partial charge >= 0.3 is 0 Å². The summed E-state index contributed by atoms with van der Waals surface area (Å²) >= 11 is 0. The van der Waals surface area contributed by atoms with Gasteiger partial charge in [0.25, 0.3) is 5.69 Å². The van der Waals surface area contributed by atoms with Crippen LogP contribution in [0.1, 0.15) is 24.0 Å². The smallest absolute Gasteiger partial charge is 0.269 e. The lowest BCUT2D eigenvalue weighted by atomic mass is 9.99. The largest absolute Gasteiger partial charge is 0.377 e. The minimum atomic E-state index is -0.452. The Hall–Kier alpha value is -2.89. The monoisotopic (exact) mass is 341 g/mol. The van der Waals surface area contributed by atoms with Gasteiger partial charge in [-0.05, 0) is 30.5 Å². The number of hydrogen-bond donors (Lipinski definition) is 1. The molecule has 2 aromatic carbocycles. The summed E-state index contributed by atoms with van der Waals surface area (Å²) in [6.07, 6.45) is 0.724. The summed E-state index contributed by atoms with van der Waals surface area (Å²) in [4.78, 5) is 24.8. The van der Waals surface area contributed by atoms with Crippen LogP contribution in [0.4, 0.5) is 11.4 Å². The molecular weight excluding hydrogens is 318 g/mol. The minimum absolute atomic E-state index is 0.00272. The van der Waals surface area contributed by atoms with Crippen LogP contribution in [-0.4, -0.2) is 31.5 Å². The van der Waals surface area contributed by atoms with Crippen LogP contribution in [0.5, 0.6) is 0 Å². The van der Waals surface area contributed by atoms with Crippen molar-refractivity contribution in [3.05, 3.63) is 69.8 Å². The second kappa shape index (κ2) is 8.28. The molecule has 0 fully saturated rings. The van der Waals surface area contributed by atoms with Crippen molar-refractivity contribution in [1.82, 2.24) is 5.32 Å². The van der Waals surface area contributed by atoms with Gasteiger partial charge in [-0.1, -0.05) is 30.3 Å². The van der Waals surface area contributed by atoms with Crippen LogP contribution in [0.3, 0.4) is 0 Å². The SMILES string of the molecule is CC(C(=O)NCCc1ccccc1N(C)C)c1cccc([N+](=O)[O-])c1. The fourth-order valence-electron chi connectivity index (χ4n) is 2.69. The molecule has 25 heavy (non-hydrogen) atoms. The highest BCUT2D eigenvalue weighted by molar-refractivity contribution is 5.83. The van der Waals surface area contributed by atoms with Crippen LogP contribution in [0, 0.1) is 10.1 Å². The zero-order valence-electron chi connectivity index (χ0n) is 14.7. The van der Waals surface area contributed by atoms with Crippen LogP contribution in [-0.2, 0) is 11.2 Å². The normalized spacial score (nSPS) is 11.6. The van der Waals surface area contributed by atoms with Gasteiger partial charge < -0.3 is 10.2 Å². The number of nitrogens with one attached hydrogen (secondary N) is 1. The Morgan fingerprint density at radius 2 is 1.92 bits per heavy atom. The lowest BCUT2D eigenvalue weighted by Crippen LogP contribution is -2.30. The van der Waals surface area contributed by atoms with Crippen molar-refractivity contribution in [3.63, 3.8) is 0 Å². The van der Waals surface area contributed by atoms with Crippen molar-refractivity contribution in [2.24, 2.45) is 0 Å². The Kier molecular flexibility index (Phi) is 6.11. The van der Waals surface area contributed by atoms with Gasteiger partial charge in [0.05, 0.1) is 10.8 Å². The van der Waals surface area contributed by atoms with Crippen molar-refractivity contribution in [2.45, 2.75) is 19.3 Å². The fraction of sp³-hybridized carbons (Fsp3) is 0.316. The van der Waals surface area contributed by atoms with Gasteiger partial charge in [0, 0.05) is 38.5 Å². The molecule has 1 unspecified atom stereocenters. The first kappa shape index (κ1) is 18.4. The quantitative estimate of drug-likeness (QED) is 0.620. The van der Waals surface area contributed by atoms with E-state index in [1.54, 1.807) is 19.1 Å². The van der Waals surface area contributed by atoms with E-state index in [9.17, 15) is 14.9 Å². The Balaban J connectivity index is 1.96. The molecule has 0 heterocycles. The first-order valence-corrected chi connectivity index (χ1v) is 8.17. The van der Waals surface area contributed by atoms with E-state index >= 15 is 0 Å². The van der Waals surface area contributed by atoms with Gasteiger partial charge in [-0.15, -0.1) is 0 Å². The maximum atomic E-state index is 12.3. The number of nitro benzene ring substituents is 1. The Bertz CT molecular complexity index is 759. The van der Waals surface area contributed by atoms with Gasteiger partial charge in [-0.2, -0.15) is 0 Å². The topological polar surface area (TPSA) is 75.5 Å². The average molecular weight is 341 g/mol. The van der Waals surface area contributed by atoms with Gasteiger partial charge in [0.15, 0.2) is 0 Å². The van der Waals surface area contributed by atoms with Crippen LogP contribution < -0.4 is 10.2 Å². The summed E-state index contributed by atoms with van der Waals surface area (Å²) in [5.74, 6) is -0.577. The van der Waals surface area contributed by atoms with E-state index in [1.807, 2.05) is 43.3 Å². The highest BCUT2D eigenvalue weighted by Crippen LogP contribution is 2.21. The van der Waals surface area contributed by atoms with Crippen LogP contribution in [0.15, 0.2) is 48.5 Å². The number of rotatable bonds is 7. The number of carbonyl (C=O) groups excluding carboxylic acids is 1. The van der Waals surface area contributed by atoms with E-state index in [0.717, 1.165) is 17.7 Å². The summed E-state index contributed by atoms with van der Waals surface area (Å²) in [5.41, 5.74) is 2.93. The maximum Gasteiger partial charge on any atom is 0.269 e. The molecule has 1 amide bonds. The molecule has 2 aromatic rings. The van der Waals surface area contributed by atoms with Crippen LogP contribution >= 0.6 is 0 Å². The zero-order valence-corrected chi connectivity index (χ0v) is 14.7. The van der Waals surface area contributed by atoms with Crippen molar-refractivity contribution in [1.29, 1.82) is 0 Å². The minimum Gasteiger partial charge on any atom is -0.377 e. The molecule has 1 N–H and O–H groups in total. The van der Waals surface area contributed by atoms with Crippen LogP contribution in [0.25, 0.3) is 0 Å². The third-order valence-corrected chi connectivity index (χ3v) is 4.14. The molecule has 6 nitrogen and oxygen atoms in total. The lowest BCUT2D eigenvalue weighted by molar-refractivity contribution is -0.384. The molecule has 0 saturated carbocycles. The van der Waals surface area contributed by atoms with E-state index in [2.05, 4.69) is 5.32 Å². The van der Waals surface area contributed by atoms with E-state index in [0.29, 0.717) is 12.1 Å². The van der Waals surface area contributed by atoms with Crippen molar-refractivity contribution < 1.29 is 9.72 Å². The molecule has 6 heteroatoms.